The van der Waals surface area contributed by atoms with Crippen LogP contribution < -0.4 is 11.1 Å². The van der Waals surface area contributed by atoms with Gasteiger partial charge in [-0.1, -0.05) is 33.1 Å². The molecule has 0 aromatic heterocycles. The zero-order valence-electron chi connectivity index (χ0n) is 11.7. The lowest BCUT2D eigenvalue weighted by Crippen LogP contribution is -2.42. The Morgan fingerprint density at radius 3 is 2.56 bits per heavy atom. The summed E-state index contributed by atoms with van der Waals surface area (Å²) in [4.78, 5) is 10.5. The summed E-state index contributed by atoms with van der Waals surface area (Å²) in [5.74, 6) is -0.0368. The molecule has 0 amide bonds. The molecule has 1 saturated carbocycles. The molecule has 18 heavy (non-hydrogen) atoms. The summed E-state index contributed by atoms with van der Waals surface area (Å²) in [5, 5.41) is 12.0. The minimum atomic E-state index is -0.823. The van der Waals surface area contributed by atoms with Crippen molar-refractivity contribution in [2.45, 2.75) is 58.4 Å². The Balaban J connectivity index is 2.25. The van der Waals surface area contributed by atoms with E-state index in [0.717, 1.165) is 12.5 Å². The van der Waals surface area contributed by atoms with Gasteiger partial charge >= 0.3 is 5.97 Å². The molecule has 4 heteroatoms. The molecular formula is C14H28N2O2. The summed E-state index contributed by atoms with van der Waals surface area (Å²) in [6, 6.07) is -0.287. The molecule has 0 bridgehead atoms. The van der Waals surface area contributed by atoms with Gasteiger partial charge in [0.25, 0.3) is 0 Å². The summed E-state index contributed by atoms with van der Waals surface area (Å²) in [6.45, 7) is 6.12. The van der Waals surface area contributed by atoms with Crippen molar-refractivity contribution in [2.24, 2.45) is 17.1 Å². The molecule has 1 aliphatic carbocycles. The third kappa shape index (κ3) is 5.36. The third-order valence-corrected chi connectivity index (χ3v) is 4.13. The molecule has 1 rings (SSSR count). The predicted molar refractivity (Wildman–Crippen MR) is 73.5 cm³/mol. The number of nitrogens with one attached hydrogen (secondary N) is 1. The lowest BCUT2D eigenvalue weighted by molar-refractivity contribution is -0.137. The number of aliphatic carboxylic acids is 1. The van der Waals surface area contributed by atoms with E-state index < -0.39 is 5.97 Å². The molecule has 1 atom stereocenters. The van der Waals surface area contributed by atoms with Gasteiger partial charge < -0.3 is 16.2 Å². The van der Waals surface area contributed by atoms with Crippen LogP contribution in [0.5, 0.6) is 0 Å². The minimum Gasteiger partial charge on any atom is -0.481 e. The molecule has 1 aliphatic rings. The summed E-state index contributed by atoms with van der Waals surface area (Å²) in [6.07, 6.45) is 6.78. The number of rotatable bonds is 7. The highest BCUT2D eigenvalue weighted by atomic mass is 16.4. The minimum absolute atomic E-state index is 0.0385. The molecule has 1 unspecified atom stereocenters. The Bertz CT molecular complexity index is 261. The fourth-order valence-electron chi connectivity index (χ4n) is 2.90. The van der Waals surface area contributed by atoms with Gasteiger partial charge in [0.05, 0.1) is 6.42 Å². The van der Waals surface area contributed by atoms with E-state index in [4.69, 9.17) is 10.8 Å². The van der Waals surface area contributed by atoms with Crippen molar-refractivity contribution in [1.29, 1.82) is 0 Å². The molecule has 0 saturated heterocycles. The first-order valence-electron chi connectivity index (χ1n) is 7.10. The first-order valence-corrected chi connectivity index (χ1v) is 7.10. The lowest BCUT2D eigenvalue weighted by Gasteiger charge is -2.37. The second-order valence-electron chi connectivity index (χ2n) is 6.31. The second kappa shape index (κ2) is 7.10. The number of hydrogen-bond donors (Lipinski definition) is 3. The van der Waals surface area contributed by atoms with Crippen molar-refractivity contribution in [3.05, 3.63) is 0 Å². The molecule has 1 fully saturated rings. The van der Waals surface area contributed by atoms with E-state index in [1.54, 1.807) is 0 Å². The number of hydrogen-bond acceptors (Lipinski definition) is 3. The van der Waals surface area contributed by atoms with Crippen molar-refractivity contribution < 1.29 is 9.90 Å². The van der Waals surface area contributed by atoms with Crippen molar-refractivity contribution in [3.63, 3.8) is 0 Å². The lowest BCUT2D eigenvalue weighted by atomic mass is 9.71. The van der Waals surface area contributed by atoms with E-state index >= 15 is 0 Å². The standard InChI is InChI=1S/C14H28N2O2/c1-14(2,11-6-4-3-5-7-11)10-16-9-12(15)8-13(17)18/h11-12,16H,3-10,15H2,1-2H3,(H,17,18). The first-order chi connectivity index (χ1) is 8.42. The molecular weight excluding hydrogens is 228 g/mol. The van der Waals surface area contributed by atoms with Gasteiger partial charge in [-0.25, -0.2) is 0 Å². The fraction of sp³-hybridized carbons (Fsp3) is 0.929. The fourth-order valence-corrected chi connectivity index (χ4v) is 2.90. The zero-order valence-corrected chi connectivity index (χ0v) is 11.7. The van der Waals surface area contributed by atoms with Crippen LogP contribution in [0.1, 0.15) is 52.4 Å². The Morgan fingerprint density at radius 1 is 1.39 bits per heavy atom. The van der Waals surface area contributed by atoms with Crippen LogP contribution in [-0.4, -0.2) is 30.2 Å². The number of nitrogens with two attached hydrogens (primary N) is 1. The second-order valence-corrected chi connectivity index (χ2v) is 6.31. The molecule has 0 aromatic carbocycles. The van der Waals surface area contributed by atoms with E-state index in [9.17, 15) is 4.79 Å². The van der Waals surface area contributed by atoms with E-state index in [1.807, 2.05) is 0 Å². The highest BCUT2D eigenvalue weighted by molar-refractivity contribution is 5.67. The normalized spacial score (nSPS) is 19.7. The molecule has 4 nitrogen and oxygen atoms in total. The van der Waals surface area contributed by atoms with Crippen LogP contribution in [0.15, 0.2) is 0 Å². The Hall–Kier alpha value is -0.610. The average molecular weight is 256 g/mol. The van der Waals surface area contributed by atoms with E-state index in [0.29, 0.717) is 6.54 Å². The first kappa shape index (κ1) is 15.4. The molecule has 0 spiro atoms. The zero-order chi connectivity index (χ0) is 13.6. The van der Waals surface area contributed by atoms with E-state index in [2.05, 4.69) is 19.2 Å². The molecule has 0 aliphatic heterocycles. The van der Waals surface area contributed by atoms with Gasteiger partial charge in [-0.05, 0) is 24.2 Å². The summed E-state index contributed by atoms with van der Waals surface area (Å²) in [5.41, 5.74) is 6.02. The maximum absolute atomic E-state index is 10.5. The van der Waals surface area contributed by atoms with E-state index in [1.165, 1.54) is 32.1 Å². The van der Waals surface area contributed by atoms with E-state index in [-0.39, 0.29) is 17.9 Å². The van der Waals surface area contributed by atoms with Gasteiger partial charge in [-0.3, -0.25) is 4.79 Å². The largest absolute Gasteiger partial charge is 0.481 e. The van der Waals surface area contributed by atoms with Crippen molar-refractivity contribution in [2.75, 3.05) is 13.1 Å². The van der Waals surface area contributed by atoms with Gasteiger partial charge in [0.1, 0.15) is 0 Å². The quantitative estimate of drug-likeness (QED) is 0.651. The Kier molecular flexibility index (Phi) is 6.09. The van der Waals surface area contributed by atoms with Gasteiger partial charge in [-0.2, -0.15) is 0 Å². The highest BCUT2D eigenvalue weighted by Crippen LogP contribution is 2.37. The molecule has 0 radical (unpaired) electrons. The summed E-state index contributed by atoms with van der Waals surface area (Å²) in [7, 11) is 0. The van der Waals surface area contributed by atoms with Gasteiger partial charge in [0.15, 0.2) is 0 Å². The van der Waals surface area contributed by atoms with Crippen LogP contribution in [0.2, 0.25) is 0 Å². The van der Waals surface area contributed by atoms with Crippen molar-refractivity contribution in [1.82, 2.24) is 5.32 Å². The predicted octanol–water partition coefficient (Wildman–Crippen LogP) is 1.98. The highest BCUT2D eigenvalue weighted by Gasteiger charge is 2.30. The SMILES string of the molecule is CC(C)(CNCC(N)CC(=O)O)C1CCCCC1. The molecule has 4 N–H and O–H groups in total. The number of carboxylic acids is 1. The van der Waals surface area contributed by atoms with Crippen LogP contribution in [-0.2, 0) is 4.79 Å². The molecule has 106 valence electrons. The smallest absolute Gasteiger partial charge is 0.304 e. The summed E-state index contributed by atoms with van der Waals surface area (Å²) < 4.78 is 0. The van der Waals surface area contributed by atoms with Crippen LogP contribution >= 0.6 is 0 Å². The van der Waals surface area contributed by atoms with Gasteiger partial charge in [0, 0.05) is 19.1 Å². The maximum Gasteiger partial charge on any atom is 0.304 e. The summed E-state index contributed by atoms with van der Waals surface area (Å²) >= 11 is 0. The topological polar surface area (TPSA) is 75.3 Å². The maximum atomic E-state index is 10.5. The van der Waals surface area contributed by atoms with Crippen LogP contribution in [0.3, 0.4) is 0 Å². The van der Waals surface area contributed by atoms with Gasteiger partial charge in [0.2, 0.25) is 0 Å². The van der Waals surface area contributed by atoms with Crippen molar-refractivity contribution in [3.8, 4) is 0 Å². The molecule has 0 aromatic rings. The number of carboxylic acid groups (broad SMARTS) is 1. The van der Waals surface area contributed by atoms with Crippen molar-refractivity contribution >= 4 is 5.97 Å². The van der Waals surface area contributed by atoms with Crippen LogP contribution in [0.25, 0.3) is 0 Å². The molecule has 0 heterocycles. The Labute approximate surface area is 110 Å². The van der Waals surface area contributed by atoms with Gasteiger partial charge in [-0.15, -0.1) is 0 Å². The monoisotopic (exact) mass is 256 g/mol. The average Bonchev–Trinajstić information content (AvgIpc) is 2.29. The van der Waals surface area contributed by atoms with Crippen LogP contribution in [0, 0.1) is 11.3 Å². The van der Waals surface area contributed by atoms with Crippen LogP contribution in [0.4, 0.5) is 0 Å². The third-order valence-electron chi connectivity index (χ3n) is 4.13. The number of carbonyl (C=O) groups is 1. The Morgan fingerprint density at radius 2 is 2.00 bits per heavy atom.